The number of nitrogens with one attached hydrogen (secondary N) is 1. The zero-order valence-corrected chi connectivity index (χ0v) is 13.9. The zero-order valence-electron chi connectivity index (χ0n) is 13.9. The van der Waals surface area contributed by atoms with Crippen molar-refractivity contribution in [2.45, 2.75) is 20.0 Å². The largest absolute Gasteiger partial charge is 0.302 e. The summed E-state index contributed by atoms with van der Waals surface area (Å²) < 4.78 is 2.00. The highest BCUT2D eigenvalue weighted by molar-refractivity contribution is 5.63. The molecule has 0 saturated heterocycles. The molecular weight excluding hydrogens is 294 g/mol. The van der Waals surface area contributed by atoms with Gasteiger partial charge >= 0.3 is 0 Å². The van der Waals surface area contributed by atoms with Crippen LogP contribution >= 0.6 is 0 Å². The summed E-state index contributed by atoms with van der Waals surface area (Å²) in [4.78, 5) is 0. The van der Waals surface area contributed by atoms with Crippen LogP contribution in [0.1, 0.15) is 16.7 Å². The van der Waals surface area contributed by atoms with Crippen LogP contribution in [0, 0.1) is 19.3 Å². The molecule has 3 heteroatoms. The molecule has 2 aromatic carbocycles. The lowest BCUT2D eigenvalue weighted by Crippen LogP contribution is -2.13. The highest BCUT2D eigenvalue weighted by Gasteiger charge is 2.11. The minimum atomic E-state index is 0.553. The van der Waals surface area contributed by atoms with Crippen molar-refractivity contribution in [3.05, 3.63) is 77.5 Å². The molecule has 0 fully saturated rings. The predicted molar refractivity (Wildman–Crippen MR) is 98.5 cm³/mol. The fourth-order valence-corrected chi connectivity index (χ4v) is 2.67. The molecule has 0 atom stereocenters. The number of terminal acetylenes is 1. The Hall–Kier alpha value is -2.83. The van der Waals surface area contributed by atoms with E-state index in [4.69, 9.17) is 11.5 Å². The Bertz CT molecular complexity index is 824. The van der Waals surface area contributed by atoms with Gasteiger partial charge in [0.1, 0.15) is 0 Å². The van der Waals surface area contributed by atoms with Crippen LogP contribution in [0.2, 0.25) is 0 Å². The molecule has 3 aromatic rings. The Morgan fingerprint density at radius 1 is 1.08 bits per heavy atom. The first-order chi connectivity index (χ1) is 11.8. The third-order valence-corrected chi connectivity index (χ3v) is 3.89. The number of rotatable bonds is 6. The Kier molecular flexibility index (Phi) is 5.10. The average molecular weight is 315 g/mol. The van der Waals surface area contributed by atoms with Gasteiger partial charge in [0.15, 0.2) is 0 Å². The lowest BCUT2D eigenvalue weighted by Gasteiger charge is -2.03. The highest BCUT2D eigenvalue weighted by Crippen LogP contribution is 2.23. The van der Waals surface area contributed by atoms with Gasteiger partial charge in [-0.05, 0) is 12.5 Å². The van der Waals surface area contributed by atoms with Crippen LogP contribution < -0.4 is 5.32 Å². The molecule has 1 aromatic heterocycles. The summed E-state index contributed by atoms with van der Waals surface area (Å²) >= 11 is 0. The smallest absolute Gasteiger partial charge is 0.0968 e. The van der Waals surface area contributed by atoms with Crippen molar-refractivity contribution < 1.29 is 0 Å². The number of nitrogens with zero attached hydrogens (tertiary/aromatic N) is 2. The van der Waals surface area contributed by atoms with Crippen molar-refractivity contribution in [1.82, 2.24) is 15.1 Å². The van der Waals surface area contributed by atoms with Crippen LogP contribution in [0.5, 0.6) is 0 Å². The van der Waals surface area contributed by atoms with Crippen molar-refractivity contribution in [1.29, 1.82) is 0 Å². The Morgan fingerprint density at radius 3 is 2.54 bits per heavy atom. The van der Waals surface area contributed by atoms with E-state index >= 15 is 0 Å². The van der Waals surface area contributed by atoms with E-state index in [-0.39, 0.29) is 0 Å². The second-order valence-corrected chi connectivity index (χ2v) is 5.86. The van der Waals surface area contributed by atoms with Crippen molar-refractivity contribution >= 4 is 0 Å². The molecule has 0 radical (unpaired) electrons. The lowest BCUT2D eigenvalue weighted by molar-refractivity contribution is 0.686. The van der Waals surface area contributed by atoms with E-state index in [0.717, 1.165) is 23.4 Å². The van der Waals surface area contributed by atoms with E-state index in [1.165, 1.54) is 11.1 Å². The second-order valence-electron chi connectivity index (χ2n) is 5.86. The van der Waals surface area contributed by atoms with Gasteiger partial charge in [0.25, 0.3) is 0 Å². The van der Waals surface area contributed by atoms with E-state index in [1.54, 1.807) is 0 Å². The summed E-state index contributed by atoms with van der Waals surface area (Å²) in [7, 11) is 0. The van der Waals surface area contributed by atoms with Gasteiger partial charge in [0.05, 0.1) is 18.8 Å². The van der Waals surface area contributed by atoms with Crippen LogP contribution in [0.15, 0.2) is 60.8 Å². The minimum Gasteiger partial charge on any atom is -0.302 e. The first-order valence-electron chi connectivity index (χ1n) is 8.08. The first-order valence-corrected chi connectivity index (χ1v) is 8.08. The maximum Gasteiger partial charge on any atom is 0.0968 e. The molecule has 1 N–H and O–H groups in total. The third-order valence-electron chi connectivity index (χ3n) is 3.89. The molecule has 1 heterocycles. The molecule has 0 aliphatic heterocycles. The molecule has 0 aliphatic carbocycles. The maximum absolute atomic E-state index is 5.33. The first kappa shape index (κ1) is 16.0. The standard InChI is InChI=1S/C21H21N3/c1-3-13-22-14-20-16-24(15-18-7-5-4-6-8-18)23-21(20)19-11-9-17(2)10-12-19/h1,4-12,16,22H,13-15H2,2H3. The van der Waals surface area contributed by atoms with E-state index in [2.05, 4.69) is 72.9 Å². The van der Waals surface area contributed by atoms with Gasteiger partial charge in [-0.15, -0.1) is 6.42 Å². The summed E-state index contributed by atoms with van der Waals surface area (Å²) in [5, 5.41) is 8.07. The normalized spacial score (nSPS) is 10.5. The molecule has 3 nitrogen and oxygen atoms in total. The molecule has 24 heavy (non-hydrogen) atoms. The Morgan fingerprint density at radius 2 is 1.83 bits per heavy atom. The molecule has 0 saturated carbocycles. The Labute approximate surface area is 143 Å². The molecule has 120 valence electrons. The van der Waals surface area contributed by atoms with Crippen LogP contribution in [0.25, 0.3) is 11.3 Å². The van der Waals surface area contributed by atoms with Gasteiger partial charge in [-0.3, -0.25) is 4.68 Å². The second kappa shape index (κ2) is 7.63. The van der Waals surface area contributed by atoms with Gasteiger partial charge in [-0.1, -0.05) is 66.1 Å². The summed E-state index contributed by atoms with van der Waals surface area (Å²) in [5.41, 5.74) is 5.78. The quantitative estimate of drug-likeness (QED) is 0.556. The Balaban J connectivity index is 1.89. The van der Waals surface area contributed by atoms with E-state index in [1.807, 2.05) is 10.7 Å². The molecule has 0 spiro atoms. The summed E-state index contributed by atoms with van der Waals surface area (Å²) in [6.07, 6.45) is 7.44. The van der Waals surface area contributed by atoms with Crippen molar-refractivity contribution in [2.24, 2.45) is 0 Å². The van der Waals surface area contributed by atoms with Crippen LogP contribution in [-0.4, -0.2) is 16.3 Å². The summed E-state index contributed by atoms with van der Waals surface area (Å²) in [5.74, 6) is 2.61. The van der Waals surface area contributed by atoms with Crippen molar-refractivity contribution in [2.75, 3.05) is 6.54 Å². The number of hydrogen-bond donors (Lipinski definition) is 1. The number of aromatic nitrogens is 2. The predicted octanol–water partition coefficient (Wildman–Crippen LogP) is 3.63. The molecule has 0 amide bonds. The van der Waals surface area contributed by atoms with Gasteiger partial charge in [-0.2, -0.15) is 5.10 Å². The molecule has 0 unspecified atom stereocenters. The van der Waals surface area contributed by atoms with E-state index in [0.29, 0.717) is 13.1 Å². The van der Waals surface area contributed by atoms with Crippen LogP contribution in [-0.2, 0) is 13.1 Å². The van der Waals surface area contributed by atoms with Crippen LogP contribution in [0.3, 0.4) is 0 Å². The molecule has 0 bridgehead atoms. The minimum absolute atomic E-state index is 0.553. The average Bonchev–Trinajstić information content (AvgIpc) is 2.99. The van der Waals surface area contributed by atoms with Gasteiger partial charge in [0, 0.05) is 23.9 Å². The highest BCUT2D eigenvalue weighted by atomic mass is 15.3. The maximum atomic E-state index is 5.33. The fraction of sp³-hybridized carbons (Fsp3) is 0.190. The topological polar surface area (TPSA) is 29.9 Å². The van der Waals surface area contributed by atoms with Gasteiger partial charge in [0.2, 0.25) is 0 Å². The van der Waals surface area contributed by atoms with Crippen molar-refractivity contribution in [3.63, 3.8) is 0 Å². The lowest BCUT2D eigenvalue weighted by atomic mass is 10.1. The molecule has 3 rings (SSSR count). The monoisotopic (exact) mass is 315 g/mol. The third kappa shape index (κ3) is 3.92. The summed E-state index contributed by atoms with van der Waals surface area (Å²) in [6, 6.07) is 18.8. The zero-order chi connectivity index (χ0) is 16.8. The van der Waals surface area contributed by atoms with E-state index < -0.39 is 0 Å². The van der Waals surface area contributed by atoms with Gasteiger partial charge < -0.3 is 5.32 Å². The molecular formula is C21H21N3. The van der Waals surface area contributed by atoms with Gasteiger partial charge in [-0.25, -0.2) is 0 Å². The number of benzene rings is 2. The SMILES string of the molecule is C#CCNCc1cn(Cc2ccccc2)nc1-c1ccc(C)cc1. The number of aryl methyl sites for hydroxylation is 1. The molecule has 0 aliphatic rings. The number of hydrogen-bond acceptors (Lipinski definition) is 2. The fourth-order valence-electron chi connectivity index (χ4n) is 2.67. The summed E-state index contributed by atoms with van der Waals surface area (Å²) in [6.45, 7) is 4.11. The van der Waals surface area contributed by atoms with Crippen molar-refractivity contribution in [3.8, 4) is 23.6 Å². The van der Waals surface area contributed by atoms with E-state index in [9.17, 15) is 0 Å². The van der Waals surface area contributed by atoms with Crippen LogP contribution in [0.4, 0.5) is 0 Å².